The summed E-state index contributed by atoms with van der Waals surface area (Å²) in [4.78, 5) is 16.7. The minimum atomic E-state index is -3.35. The van der Waals surface area contributed by atoms with Gasteiger partial charge in [0.2, 0.25) is 5.91 Å². The van der Waals surface area contributed by atoms with Crippen molar-refractivity contribution in [2.75, 3.05) is 38.5 Å². The number of hydrogen-bond acceptors (Lipinski definition) is 5. The summed E-state index contributed by atoms with van der Waals surface area (Å²) in [6.45, 7) is 12.2. The van der Waals surface area contributed by atoms with Crippen molar-refractivity contribution in [3.05, 3.63) is 35.4 Å². The van der Waals surface area contributed by atoms with Crippen LogP contribution >= 0.6 is 0 Å². The molecule has 6 nitrogen and oxygen atoms in total. The van der Waals surface area contributed by atoms with Gasteiger partial charge >= 0.3 is 0 Å². The fourth-order valence-electron chi connectivity index (χ4n) is 2.89. The van der Waals surface area contributed by atoms with Crippen molar-refractivity contribution in [2.24, 2.45) is 0 Å². The maximum atomic E-state index is 11.8. The average Bonchev–Trinajstić information content (AvgIpc) is 2.61. The first kappa shape index (κ1) is 20.9. The highest BCUT2D eigenvalue weighted by Gasteiger charge is 2.20. The molecule has 7 heteroatoms. The minimum Gasteiger partial charge on any atom is -0.351 e. The average molecular weight is 382 g/mol. The Kier molecular flexibility index (Phi) is 7.61. The summed E-state index contributed by atoms with van der Waals surface area (Å²) < 4.78 is 23.5. The maximum Gasteiger partial charge on any atom is 0.235 e. The van der Waals surface area contributed by atoms with Crippen LogP contribution in [0.1, 0.15) is 31.9 Å². The number of rotatable bonds is 8. The molecule has 2 rings (SSSR count). The van der Waals surface area contributed by atoms with Crippen molar-refractivity contribution >= 4 is 15.7 Å². The molecule has 0 bridgehead atoms. The molecule has 1 aromatic carbocycles. The highest BCUT2D eigenvalue weighted by molar-refractivity contribution is 7.92. The number of likely N-dealkylation sites (N-methyl/N-ethyl adjacent to an activating group) is 1. The van der Waals surface area contributed by atoms with E-state index in [2.05, 4.69) is 34.2 Å². The zero-order chi connectivity index (χ0) is 19.2. The zero-order valence-corrected chi connectivity index (χ0v) is 16.9. The van der Waals surface area contributed by atoms with Crippen LogP contribution in [0.25, 0.3) is 0 Å². The summed E-state index contributed by atoms with van der Waals surface area (Å²) in [7, 11) is -3.35. The molecule has 1 fully saturated rings. The second-order valence-electron chi connectivity index (χ2n) is 7.16. The smallest absolute Gasteiger partial charge is 0.235 e. The normalized spacial score (nSPS) is 16.8. The van der Waals surface area contributed by atoms with E-state index < -0.39 is 26.7 Å². The van der Waals surface area contributed by atoms with Crippen LogP contribution in [0.4, 0.5) is 0 Å². The van der Waals surface area contributed by atoms with Crippen molar-refractivity contribution < 1.29 is 13.2 Å². The first-order chi connectivity index (χ1) is 12.3. The fourth-order valence-corrected chi connectivity index (χ4v) is 3.69. The number of nitrogens with one attached hydrogen (secondary N) is 1. The summed E-state index contributed by atoms with van der Waals surface area (Å²) in [5, 5.41) is 2.15. The largest absolute Gasteiger partial charge is 0.351 e. The molecular weight excluding hydrogens is 350 g/mol. The Hall–Kier alpha value is -1.44. The van der Waals surface area contributed by atoms with Gasteiger partial charge in [-0.05, 0) is 31.5 Å². The van der Waals surface area contributed by atoms with Crippen LogP contribution in [-0.2, 0) is 27.7 Å². The van der Waals surface area contributed by atoms with Crippen molar-refractivity contribution in [1.29, 1.82) is 0 Å². The zero-order valence-electron chi connectivity index (χ0n) is 16.1. The van der Waals surface area contributed by atoms with E-state index in [1.165, 1.54) is 5.56 Å². The topological polar surface area (TPSA) is 69.7 Å². The Bertz CT molecular complexity index is 678. The third-order valence-corrected chi connectivity index (χ3v) is 6.98. The monoisotopic (exact) mass is 381 g/mol. The quantitative estimate of drug-likeness (QED) is 0.734. The summed E-state index contributed by atoms with van der Waals surface area (Å²) in [6, 6.07) is 8.15. The van der Waals surface area contributed by atoms with Gasteiger partial charge in [0.25, 0.3) is 0 Å². The molecule has 26 heavy (non-hydrogen) atoms. The molecule has 0 aliphatic carbocycles. The second kappa shape index (κ2) is 9.48. The summed E-state index contributed by atoms with van der Waals surface area (Å²) in [5.74, 6) is -0.900. The Morgan fingerprint density at radius 1 is 1.04 bits per heavy atom. The molecule has 1 N–H and O–H groups in total. The number of benzene rings is 1. The second-order valence-corrected chi connectivity index (χ2v) is 9.72. The van der Waals surface area contributed by atoms with Gasteiger partial charge in [-0.3, -0.25) is 9.69 Å². The first-order valence-electron chi connectivity index (χ1n) is 9.31. The van der Waals surface area contributed by atoms with Crippen LogP contribution < -0.4 is 5.32 Å². The predicted octanol–water partition coefficient (Wildman–Crippen LogP) is 1.26. The van der Waals surface area contributed by atoms with Gasteiger partial charge in [0.1, 0.15) is 5.75 Å². The fraction of sp³-hybridized carbons (Fsp3) is 0.632. The van der Waals surface area contributed by atoms with Crippen LogP contribution in [0.15, 0.2) is 24.3 Å². The molecule has 1 amide bonds. The number of amides is 1. The predicted molar refractivity (Wildman–Crippen MR) is 105 cm³/mol. The van der Waals surface area contributed by atoms with Gasteiger partial charge in [-0.1, -0.05) is 31.2 Å². The Balaban J connectivity index is 1.78. The molecule has 1 aliphatic heterocycles. The van der Waals surface area contributed by atoms with Gasteiger partial charge in [0.05, 0.1) is 5.25 Å². The van der Waals surface area contributed by atoms with E-state index in [0.717, 1.165) is 44.8 Å². The lowest BCUT2D eigenvalue weighted by Crippen LogP contribution is -2.45. The molecular formula is C19H31N3O3S. The highest BCUT2D eigenvalue weighted by Crippen LogP contribution is 2.10. The number of carbonyl (C=O) groups excluding carboxylic acids is 1. The van der Waals surface area contributed by atoms with Crippen molar-refractivity contribution in [1.82, 2.24) is 15.1 Å². The van der Waals surface area contributed by atoms with Gasteiger partial charge in [-0.2, -0.15) is 0 Å². The van der Waals surface area contributed by atoms with Gasteiger partial charge in [-0.15, -0.1) is 0 Å². The van der Waals surface area contributed by atoms with E-state index >= 15 is 0 Å². The lowest BCUT2D eigenvalue weighted by atomic mass is 10.1. The molecule has 0 radical (unpaired) electrons. The third-order valence-electron chi connectivity index (χ3n) is 4.88. The standard InChI is InChI=1S/C19H31N3O3S/c1-4-21-9-11-22(12-10-21)14-18-7-5-17(6-8-18)13-20-19(23)15-26(24,25)16(2)3/h5-8,16H,4,9-15H2,1-3H3,(H,20,23). The van der Waals surface area contributed by atoms with Gasteiger partial charge in [0, 0.05) is 39.3 Å². The van der Waals surface area contributed by atoms with Gasteiger partial charge in [0.15, 0.2) is 9.84 Å². The minimum absolute atomic E-state index is 0.349. The van der Waals surface area contributed by atoms with Crippen LogP contribution in [0.2, 0.25) is 0 Å². The summed E-state index contributed by atoms with van der Waals surface area (Å²) in [5.41, 5.74) is 2.23. The summed E-state index contributed by atoms with van der Waals surface area (Å²) >= 11 is 0. The first-order valence-corrected chi connectivity index (χ1v) is 11.0. The number of sulfone groups is 1. The lowest BCUT2D eigenvalue weighted by Gasteiger charge is -2.34. The van der Waals surface area contributed by atoms with E-state index in [9.17, 15) is 13.2 Å². The van der Waals surface area contributed by atoms with Crippen LogP contribution in [0, 0.1) is 0 Å². The van der Waals surface area contributed by atoms with Crippen LogP contribution in [0.3, 0.4) is 0 Å². The maximum absolute atomic E-state index is 11.8. The molecule has 1 aromatic rings. The molecule has 0 saturated carbocycles. The van der Waals surface area contributed by atoms with Crippen molar-refractivity contribution in [3.63, 3.8) is 0 Å². The van der Waals surface area contributed by atoms with Crippen LogP contribution in [0.5, 0.6) is 0 Å². The van der Waals surface area contributed by atoms with E-state index in [0.29, 0.717) is 6.54 Å². The van der Waals surface area contributed by atoms with E-state index in [1.54, 1.807) is 13.8 Å². The Morgan fingerprint density at radius 2 is 1.58 bits per heavy atom. The van der Waals surface area contributed by atoms with E-state index in [4.69, 9.17) is 0 Å². The number of hydrogen-bond donors (Lipinski definition) is 1. The molecule has 0 atom stereocenters. The highest BCUT2D eigenvalue weighted by atomic mass is 32.2. The molecule has 1 aliphatic rings. The van der Waals surface area contributed by atoms with E-state index in [-0.39, 0.29) is 0 Å². The number of piperazine rings is 1. The molecule has 0 unspecified atom stereocenters. The summed E-state index contributed by atoms with van der Waals surface area (Å²) in [6.07, 6.45) is 0. The number of nitrogens with zero attached hydrogens (tertiary/aromatic N) is 2. The van der Waals surface area contributed by atoms with Crippen molar-refractivity contribution in [2.45, 2.75) is 39.1 Å². The van der Waals surface area contributed by atoms with E-state index in [1.807, 2.05) is 12.1 Å². The SMILES string of the molecule is CCN1CCN(Cc2ccc(CNC(=O)CS(=O)(=O)C(C)C)cc2)CC1. The molecule has 0 spiro atoms. The molecule has 0 aromatic heterocycles. The molecule has 1 heterocycles. The Labute approximate surface area is 157 Å². The Morgan fingerprint density at radius 3 is 2.12 bits per heavy atom. The third kappa shape index (κ3) is 6.37. The van der Waals surface area contributed by atoms with Gasteiger partial charge in [-0.25, -0.2) is 8.42 Å². The van der Waals surface area contributed by atoms with Crippen LogP contribution in [-0.4, -0.2) is 67.9 Å². The van der Waals surface area contributed by atoms with Crippen molar-refractivity contribution in [3.8, 4) is 0 Å². The molecule has 146 valence electrons. The van der Waals surface area contributed by atoms with Gasteiger partial charge < -0.3 is 10.2 Å². The lowest BCUT2D eigenvalue weighted by molar-refractivity contribution is -0.118. The molecule has 1 saturated heterocycles. The number of carbonyl (C=O) groups is 1.